The van der Waals surface area contributed by atoms with Crippen LogP contribution in [0.1, 0.15) is 6.42 Å². The predicted octanol–water partition coefficient (Wildman–Crippen LogP) is 0.555. The van der Waals surface area contributed by atoms with Gasteiger partial charge in [-0.2, -0.15) is 0 Å². The molecule has 1 rings (SSSR count). The van der Waals surface area contributed by atoms with Gasteiger partial charge < -0.3 is 5.11 Å². The third-order valence-corrected chi connectivity index (χ3v) is 1.08. The minimum atomic E-state index is 0.330. The Morgan fingerprint density at radius 3 is 2.50 bits per heavy atom. The first-order valence-corrected chi connectivity index (χ1v) is 2.21. The summed E-state index contributed by atoms with van der Waals surface area (Å²) in [5.74, 6) is 0.491. The average Bonchev–Trinajstić information content (AvgIpc) is 1.31. The molecule has 0 aromatic carbocycles. The first-order valence-electron chi connectivity index (χ1n) is 2.21. The molecule has 0 unspecified atom stereocenters. The zero-order chi connectivity index (χ0) is 4.41. The molecule has 1 heteroatoms. The Morgan fingerprint density at radius 2 is 2.50 bits per heavy atom. The van der Waals surface area contributed by atoms with Crippen molar-refractivity contribution in [1.82, 2.24) is 0 Å². The lowest BCUT2D eigenvalue weighted by atomic mass is 9.97. The molecule has 0 aromatic heterocycles. The monoisotopic (exact) mass is 84.1 g/mol. The van der Waals surface area contributed by atoms with Gasteiger partial charge in [0.2, 0.25) is 0 Å². The number of rotatable bonds is 1. The molecule has 0 amide bonds. The number of hydrogen-bond donors (Lipinski definition) is 1. The fourth-order valence-electron chi connectivity index (χ4n) is 0.464. The van der Waals surface area contributed by atoms with Crippen LogP contribution in [0, 0.1) is 5.92 Å². The first kappa shape index (κ1) is 3.88. The van der Waals surface area contributed by atoms with Crippen molar-refractivity contribution in [2.75, 3.05) is 6.61 Å². The zero-order valence-electron chi connectivity index (χ0n) is 3.59. The lowest BCUT2D eigenvalue weighted by Gasteiger charge is -2.12. The Bertz CT molecular complexity index is 66.3. The van der Waals surface area contributed by atoms with Crippen molar-refractivity contribution in [2.24, 2.45) is 5.92 Å². The Labute approximate surface area is 37.3 Å². The maximum atomic E-state index is 8.33. The maximum Gasteiger partial charge on any atom is 0.0496 e. The molecular weight excluding hydrogens is 76.1 g/mol. The van der Waals surface area contributed by atoms with Crippen LogP contribution in [-0.4, -0.2) is 11.7 Å². The molecule has 1 nitrogen and oxygen atoms in total. The normalized spacial score (nSPS) is 29.8. The van der Waals surface area contributed by atoms with Gasteiger partial charge in [0.15, 0.2) is 0 Å². The summed E-state index contributed by atoms with van der Waals surface area (Å²) < 4.78 is 0. The molecule has 0 saturated carbocycles. The largest absolute Gasteiger partial charge is 0.396 e. The third-order valence-electron chi connectivity index (χ3n) is 1.08. The second kappa shape index (κ2) is 1.43. The summed E-state index contributed by atoms with van der Waals surface area (Å²) in [4.78, 5) is 0. The highest BCUT2D eigenvalue weighted by atomic mass is 16.3. The van der Waals surface area contributed by atoms with Crippen molar-refractivity contribution in [3.05, 3.63) is 12.2 Å². The van der Waals surface area contributed by atoms with Crippen molar-refractivity contribution >= 4 is 0 Å². The molecular formula is C5H8O. The van der Waals surface area contributed by atoms with Gasteiger partial charge in [0, 0.05) is 12.5 Å². The zero-order valence-corrected chi connectivity index (χ0v) is 3.59. The lowest BCUT2D eigenvalue weighted by molar-refractivity contribution is 0.245. The summed E-state index contributed by atoms with van der Waals surface area (Å²) in [6.07, 6.45) is 5.18. The van der Waals surface area contributed by atoms with Gasteiger partial charge in [0.1, 0.15) is 0 Å². The average molecular weight is 84.1 g/mol. The van der Waals surface area contributed by atoms with E-state index in [9.17, 15) is 0 Å². The second-order valence-corrected chi connectivity index (χ2v) is 1.61. The molecule has 0 spiro atoms. The fourth-order valence-corrected chi connectivity index (χ4v) is 0.464. The Morgan fingerprint density at radius 1 is 1.83 bits per heavy atom. The van der Waals surface area contributed by atoms with Crippen LogP contribution in [0.3, 0.4) is 0 Å². The van der Waals surface area contributed by atoms with Gasteiger partial charge in [-0.1, -0.05) is 12.2 Å². The molecule has 0 saturated heterocycles. The van der Waals surface area contributed by atoms with Gasteiger partial charge in [-0.05, 0) is 6.42 Å². The summed E-state index contributed by atoms with van der Waals surface area (Å²) in [6, 6.07) is 0. The third kappa shape index (κ3) is 0.455. The Hall–Kier alpha value is -0.300. The van der Waals surface area contributed by atoms with Gasteiger partial charge in [0.05, 0.1) is 0 Å². The molecule has 6 heavy (non-hydrogen) atoms. The van der Waals surface area contributed by atoms with E-state index in [2.05, 4.69) is 6.08 Å². The molecule has 0 bridgehead atoms. The standard InChI is InChI=1S/C5H8O/c6-4-5-2-1-3-5/h1-2,5-6H,3-4H2/t5-/m0/s1. The van der Waals surface area contributed by atoms with Crippen LogP contribution in [0.5, 0.6) is 0 Å². The Balaban J connectivity index is 2.21. The molecule has 1 atom stereocenters. The molecule has 1 aliphatic carbocycles. The number of aliphatic hydroxyl groups excluding tert-OH is 1. The highest BCUT2D eigenvalue weighted by molar-refractivity contribution is 5.01. The number of aliphatic hydroxyl groups is 1. The predicted molar refractivity (Wildman–Crippen MR) is 24.3 cm³/mol. The molecule has 1 aliphatic rings. The van der Waals surface area contributed by atoms with Gasteiger partial charge in [-0.3, -0.25) is 0 Å². The van der Waals surface area contributed by atoms with E-state index >= 15 is 0 Å². The van der Waals surface area contributed by atoms with Gasteiger partial charge in [-0.15, -0.1) is 0 Å². The van der Waals surface area contributed by atoms with Crippen molar-refractivity contribution in [2.45, 2.75) is 6.42 Å². The minimum absolute atomic E-state index is 0.330. The van der Waals surface area contributed by atoms with Gasteiger partial charge >= 0.3 is 0 Å². The highest BCUT2D eigenvalue weighted by Gasteiger charge is 2.05. The SMILES string of the molecule is OC[C@H]1C=CC1. The van der Waals surface area contributed by atoms with E-state index < -0.39 is 0 Å². The second-order valence-electron chi connectivity index (χ2n) is 1.61. The van der Waals surface area contributed by atoms with Crippen LogP contribution < -0.4 is 0 Å². The van der Waals surface area contributed by atoms with E-state index in [1.807, 2.05) is 6.08 Å². The van der Waals surface area contributed by atoms with E-state index in [0.29, 0.717) is 12.5 Å². The minimum Gasteiger partial charge on any atom is -0.396 e. The highest BCUT2D eigenvalue weighted by Crippen LogP contribution is 2.14. The number of allylic oxidation sites excluding steroid dienone is 1. The smallest absolute Gasteiger partial charge is 0.0496 e. The van der Waals surface area contributed by atoms with Crippen LogP contribution in [0.15, 0.2) is 12.2 Å². The van der Waals surface area contributed by atoms with Crippen molar-refractivity contribution in [3.8, 4) is 0 Å². The van der Waals surface area contributed by atoms with Crippen molar-refractivity contribution in [1.29, 1.82) is 0 Å². The van der Waals surface area contributed by atoms with Gasteiger partial charge in [-0.25, -0.2) is 0 Å². The van der Waals surface area contributed by atoms with E-state index in [1.165, 1.54) is 0 Å². The molecule has 0 aromatic rings. The van der Waals surface area contributed by atoms with Crippen molar-refractivity contribution in [3.63, 3.8) is 0 Å². The molecule has 34 valence electrons. The summed E-state index contributed by atoms with van der Waals surface area (Å²) in [5, 5.41) is 8.33. The molecule has 1 N–H and O–H groups in total. The summed E-state index contributed by atoms with van der Waals surface area (Å²) in [5.41, 5.74) is 0. The molecule has 0 radical (unpaired) electrons. The van der Waals surface area contributed by atoms with Crippen LogP contribution in [-0.2, 0) is 0 Å². The van der Waals surface area contributed by atoms with Crippen LogP contribution >= 0.6 is 0 Å². The molecule has 0 heterocycles. The topological polar surface area (TPSA) is 20.2 Å². The van der Waals surface area contributed by atoms with Crippen LogP contribution in [0.4, 0.5) is 0 Å². The van der Waals surface area contributed by atoms with Crippen molar-refractivity contribution < 1.29 is 5.11 Å². The van der Waals surface area contributed by atoms with E-state index in [1.54, 1.807) is 0 Å². The quantitative estimate of drug-likeness (QED) is 0.460. The summed E-state index contributed by atoms with van der Waals surface area (Å²) >= 11 is 0. The lowest BCUT2D eigenvalue weighted by Crippen LogP contribution is -2.06. The summed E-state index contributed by atoms with van der Waals surface area (Å²) in [7, 11) is 0. The van der Waals surface area contributed by atoms with Crippen LogP contribution in [0.2, 0.25) is 0 Å². The number of hydrogen-bond acceptors (Lipinski definition) is 1. The fraction of sp³-hybridized carbons (Fsp3) is 0.600. The van der Waals surface area contributed by atoms with E-state index in [4.69, 9.17) is 5.11 Å². The Kier molecular flexibility index (Phi) is 0.926. The molecule has 0 aliphatic heterocycles. The van der Waals surface area contributed by atoms with E-state index in [-0.39, 0.29) is 0 Å². The first-order chi connectivity index (χ1) is 2.93. The maximum absolute atomic E-state index is 8.33. The van der Waals surface area contributed by atoms with Crippen LogP contribution in [0.25, 0.3) is 0 Å². The van der Waals surface area contributed by atoms with E-state index in [0.717, 1.165) is 6.42 Å². The molecule has 0 fully saturated rings. The summed E-state index contributed by atoms with van der Waals surface area (Å²) in [6.45, 7) is 0.330. The van der Waals surface area contributed by atoms with Gasteiger partial charge in [0.25, 0.3) is 0 Å².